The number of carbonyl (C=O) groups is 1. The van der Waals surface area contributed by atoms with E-state index in [0.29, 0.717) is 11.6 Å². The van der Waals surface area contributed by atoms with E-state index in [2.05, 4.69) is 10.3 Å². The standard InChI is InChI=1S/C11H15N3O/c1-12-10-5-6-13-7-9(10)11(15)14(2)8-3-4-8/h5-8H,3-4H2,1-2H3,(H,12,13). The van der Waals surface area contributed by atoms with Crippen molar-refractivity contribution in [3.05, 3.63) is 24.0 Å². The Balaban J connectivity index is 2.23. The summed E-state index contributed by atoms with van der Waals surface area (Å²) in [6.07, 6.45) is 5.54. The van der Waals surface area contributed by atoms with E-state index < -0.39 is 0 Å². The lowest BCUT2D eigenvalue weighted by atomic mass is 10.2. The molecule has 0 aromatic carbocycles. The van der Waals surface area contributed by atoms with Gasteiger partial charge in [0.05, 0.1) is 5.56 Å². The largest absolute Gasteiger partial charge is 0.387 e. The summed E-state index contributed by atoms with van der Waals surface area (Å²) in [7, 11) is 3.66. The Morgan fingerprint density at radius 3 is 2.93 bits per heavy atom. The number of aromatic nitrogens is 1. The monoisotopic (exact) mass is 205 g/mol. The van der Waals surface area contributed by atoms with Gasteiger partial charge < -0.3 is 10.2 Å². The molecule has 0 aliphatic heterocycles. The average molecular weight is 205 g/mol. The summed E-state index contributed by atoms with van der Waals surface area (Å²) in [5.74, 6) is 0.0509. The van der Waals surface area contributed by atoms with Gasteiger partial charge in [0.25, 0.3) is 5.91 Å². The van der Waals surface area contributed by atoms with Gasteiger partial charge in [-0.2, -0.15) is 0 Å². The number of amides is 1. The maximum atomic E-state index is 12.1. The Bertz CT molecular complexity index is 374. The molecule has 0 bridgehead atoms. The molecule has 1 aromatic rings. The fraction of sp³-hybridized carbons (Fsp3) is 0.455. The van der Waals surface area contributed by atoms with Crippen LogP contribution >= 0.6 is 0 Å². The second-order valence-corrected chi connectivity index (χ2v) is 3.82. The predicted molar refractivity (Wildman–Crippen MR) is 58.9 cm³/mol. The highest BCUT2D eigenvalue weighted by Gasteiger charge is 2.30. The molecule has 1 N–H and O–H groups in total. The summed E-state index contributed by atoms with van der Waals surface area (Å²) >= 11 is 0. The smallest absolute Gasteiger partial charge is 0.257 e. The highest BCUT2D eigenvalue weighted by molar-refractivity contribution is 5.99. The third kappa shape index (κ3) is 1.93. The van der Waals surface area contributed by atoms with Crippen LogP contribution in [0.5, 0.6) is 0 Å². The van der Waals surface area contributed by atoms with Crippen molar-refractivity contribution >= 4 is 11.6 Å². The molecule has 0 unspecified atom stereocenters. The zero-order valence-corrected chi connectivity index (χ0v) is 9.03. The normalized spacial score (nSPS) is 14.8. The molecule has 1 aliphatic carbocycles. The molecule has 1 amide bonds. The number of anilines is 1. The Morgan fingerprint density at radius 2 is 2.33 bits per heavy atom. The molecule has 4 heteroatoms. The molecular weight excluding hydrogens is 190 g/mol. The second-order valence-electron chi connectivity index (χ2n) is 3.82. The van der Waals surface area contributed by atoms with Crippen molar-refractivity contribution in [2.75, 3.05) is 19.4 Å². The van der Waals surface area contributed by atoms with Crippen LogP contribution in [0.3, 0.4) is 0 Å². The Hall–Kier alpha value is -1.58. The molecule has 1 heterocycles. The third-order valence-electron chi connectivity index (χ3n) is 2.74. The van der Waals surface area contributed by atoms with Crippen LogP contribution in [0.25, 0.3) is 0 Å². The topological polar surface area (TPSA) is 45.2 Å². The molecule has 4 nitrogen and oxygen atoms in total. The van der Waals surface area contributed by atoms with E-state index in [1.165, 1.54) is 0 Å². The lowest BCUT2D eigenvalue weighted by Gasteiger charge is -2.17. The lowest BCUT2D eigenvalue weighted by Crippen LogP contribution is -2.29. The van der Waals surface area contributed by atoms with Crippen LogP contribution in [0, 0.1) is 0 Å². The van der Waals surface area contributed by atoms with Crippen molar-refractivity contribution in [3.63, 3.8) is 0 Å². The Morgan fingerprint density at radius 1 is 1.60 bits per heavy atom. The van der Waals surface area contributed by atoms with Crippen LogP contribution in [-0.4, -0.2) is 35.9 Å². The van der Waals surface area contributed by atoms with Gasteiger partial charge in [0.1, 0.15) is 0 Å². The molecule has 0 radical (unpaired) electrons. The number of hydrogen-bond acceptors (Lipinski definition) is 3. The minimum absolute atomic E-state index is 0.0509. The quantitative estimate of drug-likeness (QED) is 0.810. The highest BCUT2D eigenvalue weighted by Crippen LogP contribution is 2.27. The van der Waals surface area contributed by atoms with Crippen LogP contribution < -0.4 is 5.32 Å². The first-order chi connectivity index (χ1) is 7.24. The number of hydrogen-bond donors (Lipinski definition) is 1. The summed E-state index contributed by atoms with van der Waals surface area (Å²) in [5, 5.41) is 3.00. The SMILES string of the molecule is CNc1ccncc1C(=O)N(C)C1CC1. The second kappa shape index (κ2) is 3.88. The molecule has 1 saturated carbocycles. The van der Waals surface area contributed by atoms with E-state index in [1.807, 2.05) is 20.2 Å². The van der Waals surface area contributed by atoms with Gasteiger partial charge in [-0.25, -0.2) is 0 Å². The summed E-state index contributed by atoms with van der Waals surface area (Å²) in [6.45, 7) is 0. The molecule has 0 atom stereocenters. The van der Waals surface area contributed by atoms with Gasteiger partial charge in [-0.3, -0.25) is 9.78 Å². The predicted octanol–water partition coefficient (Wildman–Crippen LogP) is 1.36. The van der Waals surface area contributed by atoms with E-state index in [4.69, 9.17) is 0 Å². The fourth-order valence-corrected chi connectivity index (χ4v) is 1.60. The van der Waals surface area contributed by atoms with Crippen LogP contribution in [-0.2, 0) is 0 Å². The van der Waals surface area contributed by atoms with Gasteiger partial charge in [-0.05, 0) is 18.9 Å². The summed E-state index contributed by atoms with van der Waals surface area (Å²) in [4.78, 5) is 17.8. The van der Waals surface area contributed by atoms with Crippen LogP contribution in [0.4, 0.5) is 5.69 Å². The fourth-order valence-electron chi connectivity index (χ4n) is 1.60. The molecule has 15 heavy (non-hydrogen) atoms. The summed E-state index contributed by atoms with van der Waals surface area (Å²) in [5.41, 5.74) is 1.48. The van der Waals surface area contributed by atoms with Crippen molar-refractivity contribution in [2.24, 2.45) is 0 Å². The minimum atomic E-state index is 0.0509. The van der Waals surface area contributed by atoms with Gasteiger partial charge in [0.2, 0.25) is 0 Å². The molecule has 0 spiro atoms. The molecule has 80 valence electrons. The number of nitrogens with one attached hydrogen (secondary N) is 1. The minimum Gasteiger partial charge on any atom is -0.387 e. The third-order valence-corrected chi connectivity index (χ3v) is 2.74. The van der Waals surface area contributed by atoms with Gasteiger partial charge in [-0.15, -0.1) is 0 Å². The number of rotatable bonds is 3. The van der Waals surface area contributed by atoms with Crippen molar-refractivity contribution < 1.29 is 4.79 Å². The molecule has 1 aromatic heterocycles. The number of nitrogens with zero attached hydrogens (tertiary/aromatic N) is 2. The zero-order valence-electron chi connectivity index (χ0n) is 9.03. The molecular formula is C11H15N3O. The first-order valence-electron chi connectivity index (χ1n) is 5.13. The molecule has 1 aliphatic rings. The van der Waals surface area contributed by atoms with Crippen LogP contribution in [0.2, 0.25) is 0 Å². The average Bonchev–Trinajstić information content (AvgIpc) is 3.11. The maximum absolute atomic E-state index is 12.1. The first kappa shape index (κ1) is 9.96. The summed E-state index contributed by atoms with van der Waals surface area (Å²) < 4.78 is 0. The summed E-state index contributed by atoms with van der Waals surface area (Å²) in [6, 6.07) is 2.25. The lowest BCUT2D eigenvalue weighted by molar-refractivity contribution is 0.0785. The van der Waals surface area contributed by atoms with E-state index in [9.17, 15) is 4.79 Å². The Kier molecular flexibility index (Phi) is 2.58. The van der Waals surface area contributed by atoms with Crippen molar-refractivity contribution in [3.8, 4) is 0 Å². The van der Waals surface area contributed by atoms with Gasteiger partial charge >= 0.3 is 0 Å². The van der Waals surface area contributed by atoms with E-state index in [-0.39, 0.29) is 5.91 Å². The van der Waals surface area contributed by atoms with Crippen LogP contribution in [0.1, 0.15) is 23.2 Å². The zero-order chi connectivity index (χ0) is 10.8. The van der Waals surface area contributed by atoms with Crippen molar-refractivity contribution in [1.29, 1.82) is 0 Å². The number of carbonyl (C=O) groups excluding carboxylic acids is 1. The van der Waals surface area contributed by atoms with Gasteiger partial charge in [0, 0.05) is 38.2 Å². The van der Waals surface area contributed by atoms with E-state index >= 15 is 0 Å². The molecule has 0 saturated heterocycles. The maximum Gasteiger partial charge on any atom is 0.257 e. The van der Waals surface area contributed by atoms with E-state index in [0.717, 1.165) is 18.5 Å². The highest BCUT2D eigenvalue weighted by atomic mass is 16.2. The Labute approximate surface area is 89.3 Å². The number of pyridine rings is 1. The van der Waals surface area contributed by atoms with Gasteiger partial charge in [-0.1, -0.05) is 0 Å². The van der Waals surface area contributed by atoms with Crippen molar-refractivity contribution in [2.45, 2.75) is 18.9 Å². The van der Waals surface area contributed by atoms with Crippen molar-refractivity contribution in [1.82, 2.24) is 9.88 Å². The molecule has 1 fully saturated rings. The molecule has 2 rings (SSSR count). The first-order valence-corrected chi connectivity index (χ1v) is 5.13. The van der Waals surface area contributed by atoms with E-state index in [1.54, 1.807) is 17.3 Å². The van der Waals surface area contributed by atoms with Crippen LogP contribution in [0.15, 0.2) is 18.5 Å². The van der Waals surface area contributed by atoms with Gasteiger partial charge in [0.15, 0.2) is 0 Å².